The van der Waals surface area contributed by atoms with Gasteiger partial charge in [0.25, 0.3) is 0 Å². The molecule has 0 aromatic carbocycles. The summed E-state index contributed by atoms with van der Waals surface area (Å²) in [5.41, 5.74) is 5.88. The molecular weight excluding hydrogens is 228 g/mol. The van der Waals surface area contributed by atoms with Crippen LogP contribution >= 0.6 is 0 Å². The van der Waals surface area contributed by atoms with Gasteiger partial charge in [0, 0.05) is 26.3 Å². The average molecular weight is 258 g/mol. The van der Waals surface area contributed by atoms with Gasteiger partial charge < -0.3 is 20.1 Å². The molecule has 0 aromatic heterocycles. The third-order valence-corrected chi connectivity index (χ3v) is 3.97. The van der Waals surface area contributed by atoms with Gasteiger partial charge in [0.05, 0.1) is 13.2 Å². The van der Waals surface area contributed by atoms with E-state index in [9.17, 15) is 0 Å². The Morgan fingerprint density at radius 3 is 2.67 bits per heavy atom. The van der Waals surface area contributed by atoms with Gasteiger partial charge in [-0.1, -0.05) is 12.8 Å². The molecule has 0 aliphatic heterocycles. The summed E-state index contributed by atoms with van der Waals surface area (Å²) in [7, 11) is 3.93. The van der Waals surface area contributed by atoms with Crippen molar-refractivity contribution in [3.05, 3.63) is 0 Å². The van der Waals surface area contributed by atoms with E-state index in [1.54, 1.807) is 7.11 Å². The number of hydrogen-bond donors (Lipinski definition) is 1. The van der Waals surface area contributed by atoms with Gasteiger partial charge in [-0.3, -0.25) is 0 Å². The van der Waals surface area contributed by atoms with Crippen LogP contribution in [-0.2, 0) is 9.47 Å². The smallest absolute Gasteiger partial charge is 0.0700 e. The second kappa shape index (κ2) is 9.73. The molecule has 0 heterocycles. The molecule has 0 spiro atoms. The van der Waals surface area contributed by atoms with Crippen molar-refractivity contribution >= 4 is 0 Å². The van der Waals surface area contributed by atoms with E-state index >= 15 is 0 Å². The van der Waals surface area contributed by atoms with Gasteiger partial charge in [-0.25, -0.2) is 0 Å². The van der Waals surface area contributed by atoms with Crippen molar-refractivity contribution in [2.75, 3.05) is 47.1 Å². The highest BCUT2D eigenvalue weighted by molar-refractivity contribution is 4.82. The highest BCUT2D eigenvalue weighted by atomic mass is 16.5. The van der Waals surface area contributed by atoms with E-state index in [-0.39, 0.29) is 0 Å². The number of nitrogens with two attached hydrogens (primary N) is 1. The molecule has 1 saturated carbocycles. The van der Waals surface area contributed by atoms with Crippen LogP contribution in [0.25, 0.3) is 0 Å². The van der Waals surface area contributed by atoms with Gasteiger partial charge in [-0.05, 0) is 38.8 Å². The van der Waals surface area contributed by atoms with Crippen LogP contribution in [0, 0.1) is 5.92 Å². The van der Waals surface area contributed by atoms with Gasteiger partial charge in [0.1, 0.15) is 0 Å². The van der Waals surface area contributed by atoms with E-state index in [0.717, 1.165) is 26.1 Å². The molecule has 4 nitrogen and oxygen atoms in total. The largest absolute Gasteiger partial charge is 0.382 e. The Balaban J connectivity index is 2.12. The van der Waals surface area contributed by atoms with E-state index in [0.29, 0.717) is 25.2 Å². The zero-order valence-corrected chi connectivity index (χ0v) is 12.1. The highest BCUT2D eigenvalue weighted by Gasteiger charge is 2.26. The Kier molecular flexibility index (Phi) is 8.59. The molecule has 1 aliphatic carbocycles. The zero-order chi connectivity index (χ0) is 13.2. The van der Waals surface area contributed by atoms with Gasteiger partial charge >= 0.3 is 0 Å². The second-order valence-electron chi connectivity index (χ2n) is 5.29. The minimum absolute atomic E-state index is 0.683. The molecule has 1 rings (SSSR count). The van der Waals surface area contributed by atoms with Crippen LogP contribution in [-0.4, -0.2) is 58.0 Å². The molecule has 2 unspecified atom stereocenters. The lowest BCUT2D eigenvalue weighted by atomic mass is 9.83. The average Bonchev–Trinajstić information content (AvgIpc) is 2.42. The first-order valence-corrected chi connectivity index (χ1v) is 7.26. The summed E-state index contributed by atoms with van der Waals surface area (Å²) in [6.45, 7) is 4.16. The fourth-order valence-electron chi connectivity index (χ4n) is 2.87. The third kappa shape index (κ3) is 5.65. The van der Waals surface area contributed by atoms with Crippen LogP contribution in [0.3, 0.4) is 0 Å². The summed E-state index contributed by atoms with van der Waals surface area (Å²) in [5, 5.41) is 0. The van der Waals surface area contributed by atoms with Crippen molar-refractivity contribution in [2.24, 2.45) is 11.7 Å². The van der Waals surface area contributed by atoms with Gasteiger partial charge in [-0.2, -0.15) is 0 Å². The first-order valence-electron chi connectivity index (χ1n) is 7.26. The molecule has 0 amide bonds. The van der Waals surface area contributed by atoms with E-state index in [2.05, 4.69) is 11.9 Å². The third-order valence-electron chi connectivity index (χ3n) is 3.97. The van der Waals surface area contributed by atoms with Crippen LogP contribution in [0.15, 0.2) is 0 Å². The van der Waals surface area contributed by atoms with E-state index < -0.39 is 0 Å². The standard InChI is InChI=1S/C14H30N2O2/c1-16(8-5-9-18-11-10-17-2)14-7-4-3-6-13(14)12-15/h13-14H,3-12,15H2,1-2H3. The maximum Gasteiger partial charge on any atom is 0.0700 e. The van der Waals surface area contributed by atoms with Crippen LogP contribution in [0.1, 0.15) is 32.1 Å². The lowest BCUT2D eigenvalue weighted by molar-refractivity contribution is 0.0599. The molecule has 0 bridgehead atoms. The maximum atomic E-state index is 5.88. The fraction of sp³-hybridized carbons (Fsp3) is 1.00. The topological polar surface area (TPSA) is 47.7 Å². The first-order chi connectivity index (χ1) is 8.79. The van der Waals surface area contributed by atoms with Crippen molar-refractivity contribution in [3.8, 4) is 0 Å². The summed E-state index contributed by atoms with van der Waals surface area (Å²) in [4.78, 5) is 2.48. The Morgan fingerprint density at radius 2 is 1.94 bits per heavy atom. The molecule has 2 N–H and O–H groups in total. The summed E-state index contributed by atoms with van der Waals surface area (Å²) in [6.07, 6.45) is 6.41. The molecule has 0 aromatic rings. The molecule has 1 fully saturated rings. The Morgan fingerprint density at radius 1 is 1.17 bits per heavy atom. The molecular formula is C14H30N2O2. The molecule has 1 aliphatic rings. The number of nitrogens with zero attached hydrogens (tertiary/aromatic N) is 1. The van der Waals surface area contributed by atoms with Crippen molar-refractivity contribution in [3.63, 3.8) is 0 Å². The highest BCUT2D eigenvalue weighted by Crippen LogP contribution is 2.27. The molecule has 0 radical (unpaired) electrons. The van der Waals surface area contributed by atoms with Crippen molar-refractivity contribution in [2.45, 2.75) is 38.1 Å². The van der Waals surface area contributed by atoms with Gasteiger partial charge in [0.15, 0.2) is 0 Å². The van der Waals surface area contributed by atoms with Crippen LogP contribution < -0.4 is 5.73 Å². The zero-order valence-electron chi connectivity index (χ0n) is 12.1. The monoisotopic (exact) mass is 258 g/mol. The van der Waals surface area contributed by atoms with Crippen LogP contribution in [0.2, 0.25) is 0 Å². The minimum atomic E-state index is 0.683. The SMILES string of the molecule is COCCOCCCN(C)C1CCCCC1CN. The Labute approximate surface area is 112 Å². The van der Waals surface area contributed by atoms with Crippen molar-refractivity contribution in [1.82, 2.24) is 4.90 Å². The number of ether oxygens (including phenoxy) is 2. The summed E-state index contributed by atoms with van der Waals surface area (Å²) >= 11 is 0. The van der Waals surface area contributed by atoms with E-state index in [4.69, 9.17) is 15.2 Å². The van der Waals surface area contributed by atoms with E-state index in [1.807, 2.05) is 0 Å². The molecule has 2 atom stereocenters. The summed E-state index contributed by atoms with van der Waals surface area (Å²) < 4.78 is 10.4. The predicted molar refractivity (Wildman–Crippen MR) is 74.7 cm³/mol. The van der Waals surface area contributed by atoms with Crippen molar-refractivity contribution < 1.29 is 9.47 Å². The van der Waals surface area contributed by atoms with Gasteiger partial charge in [-0.15, -0.1) is 0 Å². The van der Waals surface area contributed by atoms with E-state index in [1.165, 1.54) is 25.7 Å². The normalized spacial score (nSPS) is 24.7. The van der Waals surface area contributed by atoms with Crippen LogP contribution in [0.4, 0.5) is 0 Å². The minimum Gasteiger partial charge on any atom is -0.382 e. The molecule has 4 heteroatoms. The number of hydrogen-bond acceptors (Lipinski definition) is 4. The lowest BCUT2D eigenvalue weighted by Gasteiger charge is -2.37. The number of methoxy groups -OCH3 is 1. The van der Waals surface area contributed by atoms with Gasteiger partial charge in [0.2, 0.25) is 0 Å². The van der Waals surface area contributed by atoms with Crippen molar-refractivity contribution in [1.29, 1.82) is 0 Å². The number of rotatable bonds is 9. The summed E-state index contributed by atoms with van der Waals surface area (Å²) in [5.74, 6) is 0.693. The Bertz CT molecular complexity index is 202. The fourth-order valence-corrected chi connectivity index (χ4v) is 2.87. The lowest BCUT2D eigenvalue weighted by Crippen LogP contribution is -2.43. The maximum absolute atomic E-state index is 5.88. The molecule has 0 saturated heterocycles. The quantitative estimate of drug-likeness (QED) is 0.637. The summed E-state index contributed by atoms with van der Waals surface area (Å²) in [6, 6.07) is 0.683. The molecule has 108 valence electrons. The predicted octanol–water partition coefficient (Wildman–Crippen LogP) is 1.49. The first kappa shape index (κ1) is 15.9. The Hall–Kier alpha value is -0.160. The van der Waals surface area contributed by atoms with Crippen LogP contribution in [0.5, 0.6) is 0 Å². The molecule has 18 heavy (non-hydrogen) atoms. The second-order valence-corrected chi connectivity index (χ2v) is 5.29.